The van der Waals surface area contributed by atoms with Gasteiger partial charge in [-0.2, -0.15) is 5.26 Å². The summed E-state index contributed by atoms with van der Waals surface area (Å²) in [6.45, 7) is 6.62. The number of piperazine rings is 1. The number of nitrogens with two attached hydrogens (primary N) is 1. The van der Waals surface area contributed by atoms with Crippen molar-refractivity contribution in [3.63, 3.8) is 0 Å². The summed E-state index contributed by atoms with van der Waals surface area (Å²) in [6, 6.07) is 1.91. The third-order valence-corrected chi connectivity index (χ3v) is 3.61. The lowest BCUT2D eigenvalue weighted by Crippen LogP contribution is -2.50. The summed E-state index contributed by atoms with van der Waals surface area (Å²) in [5.74, 6) is -0.242. The van der Waals surface area contributed by atoms with Gasteiger partial charge >= 0.3 is 11.8 Å². The molecule has 134 valence electrons. The molecule has 1 aliphatic heterocycles. The fraction of sp³-hybridized carbons (Fsp3) is 0.533. The lowest BCUT2D eigenvalue weighted by atomic mass is 10.1. The van der Waals surface area contributed by atoms with Gasteiger partial charge in [-0.05, 0) is 20.8 Å². The van der Waals surface area contributed by atoms with Gasteiger partial charge in [0.25, 0.3) is 0 Å². The zero-order valence-electron chi connectivity index (χ0n) is 14.4. The Morgan fingerprint density at radius 3 is 2.48 bits per heavy atom. The summed E-state index contributed by atoms with van der Waals surface area (Å²) in [5, 5.41) is 20.6. The van der Waals surface area contributed by atoms with Crippen LogP contribution in [0.15, 0.2) is 6.20 Å². The highest BCUT2D eigenvalue weighted by Gasteiger charge is 2.32. The first-order chi connectivity index (χ1) is 11.6. The Morgan fingerprint density at radius 1 is 1.40 bits per heavy atom. The van der Waals surface area contributed by atoms with Crippen LogP contribution < -0.4 is 10.6 Å². The van der Waals surface area contributed by atoms with Crippen molar-refractivity contribution < 1.29 is 14.5 Å². The van der Waals surface area contributed by atoms with Gasteiger partial charge in [0.2, 0.25) is 5.82 Å². The zero-order chi connectivity index (χ0) is 18.8. The van der Waals surface area contributed by atoms with Crippen LogP contribution in [0.4, 0.5) is 22.0 Å². The van der Waals surface area contributed by atoms with E-state index in [4.69, 9.17) is 10.5 Å². The Bertz CT molecular complexity index is 729. The van der Waals surface area contributed by atoms with Crippen molar-refractivity contribution in [3.8, 4) is 6.07 Å². The van der Waals surface area contributed by atoms with Crippen molar-refractivity contribution in [1.82, 2.24) is 9.88 Å². The fourth-order valence-electron chi connectivity index (χ4n) is 2.53. The van der Waals surface area contributed by atoms with Gasteiger partial charge in [0, 0.05) is 32.4 Å². The zero-order valence-corrected chi connectivity index (χ0v) is 14.4. The third-order valence-electron chi connectivity index (χ3n) is 3.61. The monoisotopic (exact) mass is 348 g/mol. The molecule has 0 bridgehead atoms. The number of rotatable bonds is 2. The molecule has 0 aliphatic carbocycles. The molecule has 0 aromatic carbocycles. The quantitative estimate of drug-likeness (QED) is 0.626. The largest absolute Gasteiger partial charge is 0.444 e. The molecular formula is C15H20N6O4. The molecule has 10 heteroatoms. The Labute approximate surface area is 144 Å². The summed E-state index contributed by atoms with van der Waals surface area (Å²) in [5.41, 5.74) is 4.86. The lowest BCUT2D eigenvalue weighted by molar-refractivity contribution is -0.383. The van der Waals surface area contributed by atoms with Crippen molar-refractivity contribution in [2.75, 3.05) is 36.8 Å². The highest BCUT2D eigenvalue weighted by molar-refractivity contribution is 5.78. The smallest absolute Gasteiger partial charge is 0.410 e. The van der Waals surface area contributed by atoms with Crippen LogP contribution in [0.3, 0.4) is 0 Å². The van der Waals surface area contributed by atoms with E-state index >= 15 is 0 Å². The maximum Gasteiger partial charge on any atom is 0.410 e. The Balaban J connectivity index is 2.21. The van der Waals surface area contributed by atoms with Gasteiger partial charge in [0.15, 0.2) is 0 Å². The van der Waals surface area contributed by atoms with Crippen molar-refractivity contribution in [1.29, 1.82) is 5.26 Å². The molecule has 2 rings (SSSR count). The van der Waals surface area contributed by atoms with Gasteiger partial charge < -0.3 is 20.3 Å². The second-order valence-corrected chi connectivity index (χ2v) is 6.58. The molecule has 0 unspecified atom stereocenters. The van der Waals surface area contributed by atoms with Crippen LogP contribution in [0.2, 0.25) is 0 Å². The average Bonchev–Trinajstić information content (AvgIpc) is 2.52. The number of aromatic nitrogens is 1. The van der Waals surface area contributed by atoms with E-state index in [0.29, 0.717) is 26.2 Å². The summed E-state index contributed by atoms with van der Waals surface area (Å²) in [7, 11) is 0. The van der Waals surface area contributed by atoms with E-state index in [-0.39, 0.29) is 22.8 Å². The molecule has 1 aliphatic rings. The SMILES string of the molecule is CC(C)(C)OC(=O)N1CCN(c2c(C#N)cnc(N)c2[N+](=O)[O-])CC1. The van der Waals surface area contributed by atoms with E-state index in [1.807, 2.05) is 6.07 Å². The number of nitriles is 1. The lowest BCUT2D eigenvalue weighted by Gasteiger charge is -2.36. The molecule has 0 atom stereocenters. The number of amides is 1. The van der Waals surface area contributed by atoms with Crippen LogP contribution in [0.25, 0.3) is 0 Å². The Kier molecular flexibility index (Phi) is 4.97. The molecule has 1 aromatic heterocycles. The van der Waals surface area contributed by atoms with Crippen molar-refractivity contribution in [2.45, 2.75) is 26.4 Å². The summed E-state index contributed by atoms with van der Waals surface area (Å²) in [6.07, 6.45) is 0.786. The van der Waals surface area contributed by atoms with Gasteiger partial charge in [-0.3, -0.25) is 10.1 Å². The maximum absolute atomic E-state index is 12.1. The van der Waals surface area contributed by atoms with E-state index in [9.17, 15) is 20.2 Å². The average molecular weight is 348 g/mol. The maximum atomic E-state index is 12.1. The third kappa shape index (κ3) is 4.06. The number of hydrogen-bond donors (Lipinski definition) is 1. The number of pyridine rings is 1. The second kappa shape index (κ2) is 6.80. The molecule has 2 heterocycles. The van der Waals surface area contributed by atoms with Crippen LogP contribution in [0, 0.1) is 21.4 Å². The second-order valence-electron chi connectivity index (χ2n) is 6.58. The molecule has 10 nitrogen and oxygen atoms in total. The van der Waals surface area contributed by atoms with Crippen LogP contribution in [0.5, 0.6) is 0 Å². The van der Waals surface area contributed by atoms with Crippen LogP contribution in [0.1, 0.15) is 26.3 Å². The fourth-order valence-corrected chi connectivity index (χ4v) is 2.53. The molecule has 0 spiro atoms. The van der Waals surface area contributed by atoms with Crippen LogP contribution in [-0.2, 0) is 4.74 Å². The topological polar surface area (TPSA) is 139 Å². The molecule has 2 N–H and O–H groups in total. The summed E-state index contributed by atoms with van der Waals surface area (Å²) >= 11 is 0. The minimum Gasteiger partial charge on any atom is -0.444 e. The highest BCUT2D eigenvalue weighted by atomic mass is 16.6. The van der Waals surface area contributed by atoms with E-state index in [1.54, 1.807) is 25.7 Å². The van der Waals surface area contributed by atoms with Crippen molar-refractivity contribution in [2.24, 2.45) is 0 Å². The molecule has 0 saturated carbocycles. The number of carbonyl (C=O) groups is 1. The predicted octanol–water partition coefficient (Wildman–Crippen LogP) is 1.50. The van der Waals surface area contributed by atoms with Crippen LogP contribution in [-0.4, -0.2) is 52.7 Å². The summed E-state index contributed by atoms with van der Waals surface area (Å²) in [4.78, 5) is 29.7. The number of hydrogen-bond acceptors (Lipinski definition) is 8. The number of nitrogens with zero attached hydrogens (tertiary/aromatic N) is 5. The van der Waals surface area contributed by atoms with E-state index in [1.165, 1.54) is 11.1 Å². The molecular weight excluding hydrogens is 328 g/mol. The summed E-state index contributed by atoms with van der Waals surface area (Å²) < 4.78 is 5.32. The number of ether oxygens (including phenoxy) is 1. The van der Waals surface area contributed by atoms with Gasteiger partial charge in [0.1, 0.15) is 22.9 Å². The number of nitrogen functional groups attached to an aromatic ring is 1. The van der Waals surface area contributed by atoms with Crippen molar-refractivity contribution in [3.05, 3.63) is 21.9 Å². The minimum absolute atomic E-state index is 0.0756. The number of carbonyl (C=O) groups excluding carboxylic acids is 1. The Hall–Kier alpha value is -3.09. The van der Waals surface area contributed by atoms with Gasteiger partial charge in [-0.25, -0.2) is 9.78 Å². The van der Waals surface area contributed by atoms with E-state index in [0.717, 1.165) is 0 Å². The van der Waals surface area contributed by atoms with Gasteiger partial charge in [-0.1, -0.05) is 0 Å². The molecule has 1 amide bonds. The van der Waals surface area contributed by atoms with Gasteiger partial charge in [0.05, 0.1) is 4.92 Å². The number of nitro groups is 1. The van der Waals surface area contributed by atoms with E-state index < -0.39 is 16.6 Å². The molecule has 1 saturated heterocycles. The molecule has 1 aromatic rings. The molecule has 25 heavy (non-hydrogen) atoms. The minimum atomic E-state index is -0.640. The normalized spacial score (nSPS) is 14.8. The Morgan fingerprint density at radius 2 is 2.00 bits per heavy atom. The first-order valence-electron chi connectivity index (χ1n) is 7.70. The van der Waals surface area contributed by atoms with Crippen LogP contribution >= 0.6 is 0 Å². The number of anilines is 2. The van der Waals surface area contributed by atoms with E-state index in [2.05, 4.69) is 4.98 Å². The first-order valence-corrected chi connectivity index (χ1v) is 7.70. The molecule has 1 fully saturated rings. The van der Waals surface area contributed by atoms with Gasteiger partial charge in [-0.15, -0.1) is 0 Å². The first kappa shape index (κ1) is 18.3. The standard InChI is InChI=1S/C15H20N6O4/c1-15(2,3)25-14(22)20-6-4-19(5-7-20)11-10(8-16)9-18-13(17)12(11)21(23)24/h9H,4-7H2,1-3H3,(H2,17,18). The highest BCUT2D eigenvalue weighted by Crippen LogP contribution is 2.35. The van der Waals surface area contributed by atoms with Crippen molar-refractivity contribution >= 4 is 23.3 Å². The molecule has 0 radical (unpaired) electrons. The predicted molar refractivity (Wildman–Crippen MR) is 90.0 cm³/mol.